The molecular formula is C22H35N5O2. The van der Waals surface area contributed by atoms with Crippen LogP contribution >= 0.6 is 0 Å². The Kier molecular flexibility index (Phi) is 10.1. The second-order valence-corrected chi connectivity index (χ2v) is 7.09. The number of hydrogen-bond acceptors (Lipinski definition) is 4. The lowest BCUT2D eigenvalue weighted by Crippen LogP contribution is -2.48. The predicted octanol–water partition coefficient (Wildman–Crippen LogP) is 1.91. The number of piperidine rings is 1. The van der Waals surface area contributed by atoms with Crippen LogP contribution in [0.1, 0.15) is 32.3 Å². The summed E-state index contributed by atoms with van der Waals surface area (Å²) in [4.78, 5) is 18.7. The van der Waals surface area contributed by atoms with Gasteiger partial charge in [-0.2, -0.15) is 0 Å². The first-order valence-electron chi connectivity index (χ1n) is 10.5. The Morgan fingerprint density at radius 1 is 1.28 bits per heavy atom. The molecule has 0 spiro atoms. The van der Waals surface area contributed by atoms with Gasteiger partial charge < -0.3 is 20.7 Å². The molecule has 7 nitrogen and oxygen atoms in total. The molecular weight excluding hydrogens is 366 g/mol. The summed E-state index contributed by atoms with van der Waals surface area (Å²) in [5.74, 6) is 1.40. The summed E-state index contributed by atoms with van der Waals surface area (Å²) in [7, 11) is 0. The Balaban J connectivity index is 1.88. The molecule has 1 aromatic rings. The maximum atomic E-state index is 11.6. The Hall–Kier alpha value is -2.54. The molecule has 0 unspecified atom stereocenters. The number of carbonyl (C=O) groups excluding carboxylic acids is 1. The summed E-state index contributed by atoms with van der Waals surface area (Å²) in [5.41, 5.74) is 1.04. The molecule has 0 saturated carbocycles. The van der Waals surface area contributed by atoms with Crippen molar-refractivity contribution in [3.05, 3.63) is 42.5 Å². The third-order valence-corrected chi connectivity index (χ3v) is 4.72. The van der Waals surface area contributed by atoms with Gasteiger partial charge >= 0.3 is 0 Å². The van der Waals surface area contributed by atoms with Crippen LogP contribution in [-0.2, 0) is 11.3 Å². The SMILES string of the molecule is C=CCN1CCC(NC(=NCc2cccc(OCC(=O)NCC)c2)NCC)CC1. The molecule has 2 rings (SSSR count). The molecule has 1 amide bonds. The molecule has 3 N–H and O–H groups in total. The molecule has 0 atom stereocenters. The van der Waals surface area contributed by atoms with Crippen molar-refractivity contribution in [2.45, 2.75) is 39.3 Å². The molecule has 1 aromatic carbocycles. The molecule has 1 heterocycles. The van der Waals surface area contributed by atoms with E-state index in [1.54, 1.807) is 0 Å². The number of aliphatic imine (C=N–C) groups is 1. The summed E-state index contributed by atoms with van der Waals surface area (Å²) in [6.45, 7) is 12.9. The number of nitrogens with one attached hydrogen (secondary N) is 3. The maximum absolute atomic E-state index is 11.6. The Morgan fingerprint density at radius 2 is 2.03 bits per heavy atom. The third kappa shape index (κ3) is 8.56. The van der Waals surface area contributed by atoms with Gasteiger partial charge in [-0.1, -0.05) is 18.2 Å². The average molecular weight is 402 g/mol. The van der Waals surface area contributed by atoms with Gasteiger partial charge in [0.05, 0.1) is 6.54 Å². The van der Waals surface area contributed by atoms with E-state index in [-0.39, 0.29) is 12.5 Å². The molecule has 29 heavy (non-hydrogen) atoms. The van der Waals surface area contributed by atoms with E-state index in [0.29, 0.717) is 24.9 Å². The van der Waals surface area contributed by atoms with Crippen molar-refractivity contribution < 1.29 is 9.53 Å². The molecule has 0 aromatic heterocycles. The zero-order valence-electron chi connectivity index (χ0n) is 17.7. The zero-order chi connectivity index (χ0) is 20.9. The standard InChI is InChI=1S/C22H35N5O2/c1-4-12-27-13-10-19(11-14-27)26-22(24-6-3)25-16-18-8-7-9-20(15-18)29-17-21(28)23-5-2/h4,7-9,15,19H,1,5-6,10-14,16-17H2,2-3H3,(H,23,28)(H2,24,25,26). The second-order valence-electron chi connectivity index (χ2n) is 7.09. The highest BCUT2D eigenvalue weighted by Crippen LogP contribution is 2.14. The number of rotatable bonds is 10. The third-order valence-electron chi connectivity index (χ3n) is 4.72. The lowest BCUT2D eigenvalue weighted by atomic mass is 10.1. The first kappa shape index (κ1) is 22.7. The van der Waals surface area contributed by atoms with Crippen LogP contribution < -0.4 is 20.7 Å². The molecule has 1 aliphatic heterocycles. The quantitative estimate of drug-likeness (QED) is 0.317. The molecule has 0 radical (unpaired) electrons. The van der Waals surface area contributed by atoms with Gasteiger partial charge in [0.2, 0.25) is 0 Å². The lowest BCUT2D eigenvalue weighted by molar-refractivity contribution is -0.122. The van der Waals surface area contributed by atoms with Gasteiger partial charge in [-0.05, 0) is 44.4 Å². The number of hydrogen-bond donors (Lipinski definition) is 3. The minimum Gasteiger partial charge on any atom is -0.484 e. The fourth-order valence-electron chi connectivity index (χ4n) is 3.26. The highest BCUT2D eigenvalue weighted by Gasteiger charge is 2.19. The van der Waals surface area contributed by atoms with E-state index in [4.69, 9.17) is 9.73 Å². The summed E-state index contributed by atoms with van der Waals surface area (Å²) in [6, 6.07) is 8.15. The monoisotopic (exact) mass is 401 g/mol. The molecule has 0 bridgehead atoms. The summed E-state index contributed by atoms with van der Waals surface area (Å²) < 4.78 is 5.56. The normalized spacial score (nSPS) is 15.6. The highest BCUT2D eigenvalue weighted by molar-refractivity contribution is 5.80. The zero-order valence-corrected chi connectivity index (χ0v) is 17.7. The Labute approximate surface area is 174 Å². The predicted molar refractivity (Wildman–Crippen MR) is 118 cm³/mol. The Morgan fingerprint density at radius 3 is 2.72 bits per heavy atom. The number of carbonyl (C=O) groups is 1. The summed E-state index contributed by atoms with van der Waals surface area (Å²) in [5, 5.41) is 9.61. The summed E-state index contributed by atoms with van der Waals surface area (Å²) in [6.07, 6.45) is 4.16. The molecule has 1 saturated heterocycles. The fourth-order valence-corrected chi connectivity index (χ4v) is 3.26. The largest absolute Gasteiger partial charge is 0.484 e. The Bertz CT molecular complexity index is 669. The van der Waals surface area contributed by atoms with E-state index in [9.17, 15) is 4.79 Å². The van der Waals surface area contributed by atoms with Gasteiger partial charge in [0, 0.05) is 38.8 Å². The molecule has 1 fully saturated rings. The van der Waals surface area contributed by atoms with Crippen molar-refractivity contribution in [3.8, 4) is 5.75 Å². The van der Waals surface area contributed by atoms with Crippen LogP contribution in [0.2, 0.25) is 0 Å². The molecule has 160 valence electrons. The number of likely N-dealkylation sites (N-methyl/N-ethyl adjacent to an activating group) is 1. The van der Waals surface area contributed by atoms with Crippen LogP contribution in [0, 0.1) is 0 Å². The van der Waals surface area contributed by atoms with E-state index in [1.165, 1.54) is 0 Å². The fraction of sp³-hybridized carbons (Fsp3) is 0.545. The first-order valence-corrected chi connectivity index (χ1v) is 10.5. The van der Waals surface area contributed by atoms with Gasteiger partial charge in [0.25, 0.3) is 5.91 Å². The smallest absolute Gasteiger partial charge is 0.257 e. The van der Waals surface area contributed by atoms with E-state index in [0.717, 1.165) is 50.5 Å². The molecule has 0 aliphatic carbocycles. The van der Waals surface area contributed by atoms with Gasteiger partial charge in [-0.15, -0.1) is 6.58 Å². The van der Waals surface area contributed by atoms with Gasteiger partial charge in [0.15, 0.2) is 12.6 Å². The van der Waals surface area contributed by atoms with Crippen LogP contribution in [-0.4, -0.2) is 62.1 Å². The number of ether oxygens (including phenoxy) is 1. The minimum absolute atomic E-state index is 0.0231. The van der Waals surface area contributed by atoms with Crippen molar-refractivity contribution in [1.82, 2.24) is 20.9 Å². The van der Waals surface area contributed by atoms with Gasteiger partial charge in [-0.25, -0.2) is 4.99 Å². The van der Waals surface area contributed by atoms with E-state index >= 15 is 0 Å². The van der Waals surface area contributed by atoms with Crippen LogP contribution in [0.5, 0.6) is 5.75 Å². The van der Waals surface area contributed by atoms with Gasteiger partial charge in [-0.3, -0.25) is 9.69 Å². The number of benzene rings is 1. The first-order chi connectivity index (χ1) is 14.1. The summed E-state index contributed by atoms with van der Waals surface area (Å²) >= 11 is 0. The lowest BCUT2D eigenvalue weighted by Gasteiger charge is -2.32. The van der Waals surface area contributed by atoms with Crippen LogP contribution in [0.3, 0.4) is 0 Å². The number of nitrogens with zero attached hydrogens (tertiary/aromatic N) is 2. The number of guanidine groups is 1. The number of amides is 1. The van der Waals surface area contributed by atoms with Crippen LogP contribution in [0.25, 0.3) is 0 Å². The van der Waals surface area contributed by atoms with Crippen LogP contribution in [0.15, 0.2) is 41.9 Å². The van der Waals surface area contributed by atoms with E-state index < -0.39 is 0 Å². The van der Waals surface area contributed by atoms with E-state index in [1.807, 2.05) is 37.3 Å². The minimum atomic E-state index is -0.117. The number of likely N-dealkylation sites (tertiary alicyclic amines) is 1. The van der Waals surface area contributed by atoms with Crippen molar-refractivity contribution in [3.63, 3.8) is 0 Å². The van der Waals surface area contributed by atoms with Crippen molar-refractivity contribution >= 4 is 11.9 Å². The molecule has 1 aliphatic rings. The molecule has 7 heteroatoms. The van der Waals surface area contributed by atoms with Crippen molar-refractivity contribution in [2.75, 3.05) is 39.3 Å². The highest BCUT2D eigenvalue weighted by atomic mass is 16.5. The maximum Gasteiger partial charge on any atom is 0.257 e. The van der Waals surface area contributed by atoms with Crippen LogP contribution in [0.4, 0.5) is 0 Å². The van der Waals surface area contributed by atoms with Crippen molar-refractivity contribution in [2.24, 2.45) is 4.99 Å². The topological polar surface area (TPSA) is 78.0 Å². The van der Waals surface area contributed by atoms with Gasteiger partial charge in [0.1, 0.15) is 5.75 Å². The van der Waals surface area contributed by atoms with E-state index in [2.05, 4.69) is 34.4 Å². The second kappa shape index (κ2) is 12.8. The average Bonchev–Trinajstić information content (AvgIpc) is 2.73. The van der Waals surface area contributed by atoms with Crippen molar-refractivity contribution in [1.29, 1.82) is 0 Å².